The molecule has 0 saturated heterocycles. The monoisotopic (exact) mass is 361 g/mol. The van der Waals surface area contributed by atoms with Crippen LogP contribution in [0, 0.1) is 11.3 Å². The normalized spacial score (nSPS) is 14.5. The maximum atomic E-state index is 9.69. The molecule has 1 aromatic rings. The summed E-state index contributed by atoms with van der Waals surface area (Å²) in [5.41, 5.74) is 3.06. The van der Waals surface area contributed by atoms with E-state index < -0.39 is 0 Å². The number of fused-ring (bicyclic) bond motifs is 1. The van der Waals surface area contributed by atoms with Gasteiger partial charge in [0.25, 0.3) is 0 Å². The second kappa shape index (κ2) is 9.69. The molecule has 0 radical (unpaired) electrons. The zero-order chi connectivity index (χ0) is 18.2. The molecule has 0 saturated carbocycles. The fourth-order valence-electron chi connectivity index (χ4n) is 2.99. The number of aliphatic imine (C=N–C) groups is 1. The number of thioether (sulfide) groups is 1. The molecular weight excluding hydrogens is 334 g/mol. The van der Waals surface area contributed by atoms with Crippen LogP contribution in [0.5, 0.6) is 11.5 Å². The van der Waals surface area contributed by atoms with E-state index in [2.05, 4.69) is 29.8 Å². The van der Waals surface area contributed by atoms with Crippen LogP contribution < -0.4 is 9.47 Å². The average molecular weight is 362 g/mol. The summed E-state index contributed by atoms with van der Waals surface area (Å²) in [5.74, 6) is 2.33. The molecule has 0 amide bonds. The standard InChI is InChI=1S/C19H27N3O2S/c1-5-22(6-2)9-10-25-18(13-20)19-15-12-17(24-4)16(23-3)11-14(15)7-8-21-19/h11-12,18H,5-10H2,1-4H3. The van der Waals surface area contributed by atoms with Gasteiger partial charge in [0, 0.05) is 24.4 Å². The van der Waals surface area contributed by atoms with E-state index >= 15 is 0 Å². The van der Waals surface area contributed by atoms with Gasteiger partial charge in [0.15, 0.2) is 11.5 Å². The molecule has 1 aliphatic heterocycles. The largest absolute Gasteiger partial charge is 0.493 e. The third-order valence-corrected chi connectivity index (χ3v) is 5.58. The summed E-state index contributed by atoms with van der Waals surface area (Å²) >= 11 is 1.67. The maximum absolute atomic E-state index is 9.69. The van der Waals surface area contributed by atoms with Gasteiger partial charge in [-0.3, -0.25) is 4.99 Å². The average Bonchev–Trinajstić information content (AvgIpc) is 2.66. The number of benzene rings is 1. The summed E-state index contributed by atoms with van der Waals surface area (Å²) in [6.45, 7) is 8.10. The van der Waals surface area contributed by atoms with E-state index in [1.165, 1.54) is 5.56 Å². The molecule has 0 bridgehead atoms. The van der Waals surface area contributed by atoms with Crippen molar-refractivity contribution >= 4 is 17.5 Å². The maximum Gasteiger partial charge on any atom is 0.161 e. The Labute approximate surface area is 155 Å². The van der Waals surface area contributed by atoms with Gasteiger partial charge in [0.1, 0.15) is 5.25 Å². The highest BCUT2D eigenvalue weighted by atomic mass is 32.2. The van der Waals surface area contributed by atoms with Crippen molar-refractivity contribution in [1.29, 1.82) is 5.26 Å². The Kier molecular flexibility index (Phi) is 7.60. The predicted octanol–water partition coefficient (Wildman–Crippen LogP) is 3.02. The van der Waals surface area contributed by atoms with Crippen molar-refractivity contribution in [2.45, 2.75) is 25.5 Å². The van der Waals surface area contributed by atoms with Gasteiger partial charge in [0.2, 0.25) is 0 Å². The van der Waals surface area contributed by atoms with Crippen molar-refractivity contribution in [3.8, 4) is 17.6 Å². The van der Waals surface area contributed by atoms with E-state index in [1.54, 1.807) is 26.0 Å². The molecule has 2 rings (SSSR count). The van der Waals surface area contributed by atoms with E-state index in [9.17, 15) is 5.26 Å². The van der Waals surface area contributed by atoms with Gasteiger partial charge in [0.05, 0.1) is 26.0 Å². The molecule has 1 aromatic carbocycles. The molecule has 1 aliphatic rings. The Bertz CT molecular complexity index is 651. The number of nitrogens with zero attached hydrogens (tertiary/aromatic N) is 3. The van der Waals surface area contributed by atoms with Crippen LogP contribution in [0.15, 0.2) is 17.1 Å². The topological polar surface area (TPSA) is 57.9 Å². The van der Waals surface area contributed by atoms with Gasteiger partial charge < -0.3 is 14.4 Å². The molecule has 0 spiro atoms. The van der Waals surface area contributed by atoms with Crippen molar-refractivity contribution in [1.82, 2.24) is 4.90 Å². The minimum absolute atomic E-state index is 0.257. The van der Waals surface area contributed by atoms with Crippen LogP contribution in [0.25, 0.3) is 0 Å². The first-order chi connectivity index (χ1) is 12.2. The zero-order valence-electron chi connectivity index (χ0n) is 15.5. The molecule has 1 heterocycles. The third-order valence-electron chi connectivity index (χ3n) is 4.50. The van der Waals surface area contributed by atoms with Gasteiger partial charge >= 0.3 is 0 Å². The second-order valence-electron chi connectivity index (χ2n) is 5.79. The van der Waals surface area contributed by atoms with Crippen molar-refractivity contribution in [2.75, 3.05) is 46.2 Å². The molecule has 0 fully saturated rings. The van der Waals surface area contributed by atoms with Crippen molar-refractivity contribution in [3.05, 3.63) is 23.3 Å². The van der Waals surface area contributed by atoms with E-state index in [1.807, 2.05) is 12.1 Å². The van der Waals surface area contributed by atoms with Crippen LogP contribution in [0.3, 0.4) is 0 Å². The van der Waals surface area contributed by atoms with Crippen LogP contribution in [-0.4, -0.2) is 62.0 Å². The van der Waals surface area contributed by atoms with Crippen LogP contribution in [0.4, 0.5) is 0 Å². The van der Waals surface area contributed by atoms with Crippen molar-refractivity contribution in [2.24, 2.45) is 4.99 Å². The smallest absolute Gasteiger partial charge is 0.161 e. The lowest BCUT2D eigenvalue weighted by Gasteiger charge is -2.23. The van der Waals surface area contributed by atoms with E-state index in [4.69, 9.17) is 9.47 Å². The summed E-state index contributed by atoms with van der Waals surface area (Å²) in [5, 5.41) is 9.43. The zero-order valence-corrected chi connectivity index (χ0v) is 16.4. The predicted molar refractivity (Wildman–Crippen MR) is 104 cm³/mol. The minimum atomic E-state index is -0.257. The summed E-state index contributed by atoms with van der Waals surface area (Å²) in [7, 11) is 3.27. The fourth-order valence-corrected chi connectivity index (χ4v) is 4.02. The SMILES string of the molecule is CCN(CC)CCSC(C#N)C1=NCCc2cc(OC)c(OC)cc21. The summed E-state index contributed by atoms with van der Waals surface area (Å²) in [4.78, 5) is 7.04. The number of methoxy groups -OCH3 is 2. The molecule has 136 valence electrons. The summed E-state index contributed by atoms with van der Waals surface area (Å²) in [6.07, 6.45) is 0.863. The van der Waals surface area contributed by atoms with E-state index in [0.717, 1.165) is 48.8 Å². The molecule has 6 heteroatoms. The van der Waals surface area contributed by atoms with Crippen LogP contribution in [-0.2, 0) is 6.42 Å². The van der Waals surface area contributed by atoms with E-state index in [-0.39, 0.29) is 5.25 Å². The molecule has 0 aromatic heterocycles. The number of rotatable bonds is 9. The van der Waals surface area contributed by atoms with Crippen LogP contribution >= 0.6 is 11.8 Å². The lowest BCUT2D eigenvalue weighted by Crippen LogP contribution is -2.28. The summed E-state index contributed by atoms with van der Waals surface area (Å²) in [6, 6.07) is 6.40. The van der Waals surface area contributed by atoms with Gasteiger partial charge in [-0.05, 0) is 37.2 Å². The highest BCUT2D eigenvalue weighted by Gasteiger charge is 2.25. The minimum Gasteiger partial charge on any atom is -0.493 e. The van der Waals surface area contributed by atoms with Crippen LogP contribution in [0.1, 0.15) is 25.0 Å². The molecule has 1 atom stereocenters. The quantitative estimate of drug-likeness (QED) is 0.677. The van der Waals surface area contributed by atoms with Gasteiger partial charge in [-0.25, -0.2) is 0 Å². The highest BCUT2D eigenvalue weighted by Crippen LogP contribution is 2.34. The Morgan fingerprint density at radius 3 is 2.52 bits per heavy atom. The number of hydrogen-bond donors (Lipinski definition) is 0. The lowest BCUT2D eigenvalue weighted by atomic mass is 9.95. The molecule has 0 N–H and O–H groups in total. The second-order valence-corrected chi connectivity index (χ2v) is 7.00. The van der Waals surface area contributed by atoms with E-state index in [0.29, 0.717) is 12.3 Å². The molecule has 5 nitrogen and oxygen atoms in total. The Hall–Kier alpha value is -1.71. The molecule has 1 unspecified atom stereocenters. The van der Waals surface area contributed by atoms with Crippen LogP contribution in [0.2, 0.25) is 0 Å². The van der Waals surface area contributed by atoms with Crippen molar-refractivity contribution < 1.29 is 9.47 Å². The first-order valence-corrected chi connectivity index (χ1v) is 9.76. The number of hydrogen-bond acceptors (Lipinski definition) is 6. The molecule has 25 heavy (non-hydrogen) atoms. The lowest BCUT2D eigenvalue weighted by molar-refractivity contribution is 0.324. The Morgan fingerprint density at radius 2 is 1.92 bits per heavy atom. The van der Waals surface area contributed by atoms with Crippen molar-refractivity contribution in [3.63, 3.8) is 0 Å². The highest BCUT2D eigenvalue weighted by molar-refractivity contribution is 8.00. The Balaban J connectivity index is 2.19. The number of ether oxygens (including phenoxy) is 2. The fraction of sp³-hybridized carbons (Fsp3) is 0.579. The Morgan fingerprint density at radius 1 is 1.24 bits per heavy atom. The first kappa shape index (κ1) is 19.6. The van der Waals surface area contributed by atoms with Gasteiger partial charge in [-0.15, -0.1) is 11.8 Å². The molecular formula is C19H27N3O2S. The summed E-state index contributed by atoms with van der Waals surface area (Å²) < 4.78 is 10.8. The number of nitriles is 1. The van der Waals surface area contributed by atoms with Gasteiger partial charge in [-0.2, -0.15) is 5.26 Å². The first-order valence-electron chi connectivity index (χ1n) is 8.71. The third kappa shape index (κ3) is 4.68. The van der Waals surface area contributed by atoms with Gasteiger partial charge in [-0.1, -0.05) is 13.8 Å². The molecule has 0 aliphatic carbocycles.